The number of hydrogen-bond donors (Lipinski definition) is 0. The fourth-order valence-electron chi connectivity index (χ4n) is 2.94. The zero-order valence-electron chi connectivity index (χ0n) is 13.6. The van der Waals surface area contributed by atoms with Gasteiger partial charge in [-0.25, -0.2) is 4.98 Å². The lowest BCUT2D eigenvalue weighted by atomic mass is 10.1. The Balaban J connectivity index is 2.16. The van der Waals surface area contributed by atoms with Crippen LogP contribution in [-0.2, 0) is 0 Å². The summed E-state index contributed by atoms with van der Waals surface area (Å²) in [7, 11) is 0. The van der Waals surface area contributed by atoms with E-state index in [1.807, 2.05) is 30.3 Å². The van der Waals surface area contributed by atoms with Crippen LogP contribution in [0.4, 0.5) is 5.69 Å². The maximum Gasteiger partial charge on any atom is 0.293 e. The molecular weight excluding hydrogens is 330 g/mol. The van der Waals surface area contributed by atoms with Gasteiger partial charge in [0.1, 0.15) is 11.5 Å². The van der Waals surface area contributed by atoms with Gasteiger partial charge in [0.25, 0.3) is 11.2 Å². The Kier molecular flexibility index (Phi) is 3.78. The average Bonchev–Trinajstić information content (AvgIpc) is 2.68. The summed E-state index contributed by atoms with van der Waals surface area (Å²) in [6, 6.07) is 22.3. The molecule has 0 fully saturated rings. The van der Waals surface area contributed by atoms with Crippen LogP contribution in [0.2, 0.25) is 0 Å². The number of hydrogen-bond acceptors (Lipinski definition) is 4. The van der Waals surface area contributed by atoms with Gasteiger partial charge in [0.05, 0.1) is 15.8 Å². The summed E-state index contributed by atoms with van der Waals surface area (Å²) in [6.45, 7) is 0. The van der Waals surface area contributed by atoms with Crippen molar-refractivity contribution < 1.29 is 4.92 Å². The molecule has 0 aliphatic carbocycles. The SMILES string of the molecule is O=c1c2ccccc2nc(-c2ccccc2)n1-c1ccccc1[N+](=O)[O-]. The highest BCUT2D eigenvalue weighted by Crippen LogP contribution is 2.27. The van der Waals surface area contributed by atoms with E-state index in [2.05, 4.69) is 4.98 Å². The molecule has 0 aliphatic rings. The highest BCUT2D eigenvalue weighted by molar-refractivity contribution is 5.81. The number of benzene rings is 3. The summed E-state index contributed by atoms with van der Waals surface area (Å²) in [5, 5.41) is 11.9. The van der Waals surface area contributed by atoms with Gasteiger partial charge in [-0.2, -0.15) is 0 Å². The lowest BCUT2D eigenvalue weighted by Gasteiger charge is -2.14. The van der Waals surface area contributed by atoms with E-state index in [4.69, 9.17) is 0 Å². The zero-order valence-corrected chi connectivity index (χ0v) is 13.6. The van der Waals surface area contributed by atoms with E-state index >= 15 is 0 Å². The summed E-state index contributed by atoms with van der Waals surface area (Å²) >= 11 is 0. The fraction of sp³-hybridized carbons (Fsp3) is 0. The van der Waals surface area contributed by atoms with Gasteiger partial charge in [0.15, 0.2) is 0 Å². The van der Waals surface area contributed by atoms with E-state index in [9.17, 15) is 14.9 Å². The highest BCUT2D eigenvalue weighted by atomic mass is 16.6. The van der Waals surface area contributed by atoms with E-state index in [1.54, 1.807) is 42.5 Å². The minimum atomic E-state index is -0.494. The topological polar surface area (TPSA) is 78.0 Å². The Hall–Kier alpha value is -3.80. The lowest BCUT2D eigenvalue weighted by molar-refractivity contribution is -0.384. The largest absolute Gasteiger partial charge is 0.293 e. The number of fused-ring (bicyclic) bond motifs is 1. The molecule has 0 unspecified atom stereocenters. The second-order valence-corrected chi connectivity index (χ2v) is 5.70. The maximum absolute atomic E-state index is 13.2. The van der Waals surface area contributed by atoms with Gasteiger partial charge in [0.2, 0.25) is 0 Å². The second-order valence-electron chi connectivity index (χ2n) is 5.70. The Bertz CT molecular complexity index is 1180. The highest BCUT2D eigenvalue weighted by Gasteiger charge is 2.21. The van der Waals surface area contributed by atoms with Crippen molar-refractivity contribution in [2.45, 2.75) is 0 Å². The number of nitrogens with zero attached hydrogens (tertiary/aromatic N) is 3. The molecule has 0 radical (unpaired) electrons. The number of nitro groups is 1. The molecular formula is C20H13N3O3. The Morgan fingerprint density at radius 2 is 1.50 bits per heavy atom. The van der Waals surface area contributed by atoms with E-state index < -0.39 is 4.92 Å². The van der Waals surface area contributed by atoms with Gasteiger partial charge in [-0.1, -0.05) is 54.6 Å². The molecule has 6 heteroatoms. The quantitative estimate of drug-likeness (QED) is 0.417. The van der Waals surface area contributed by atoms with E-state index in [-0.39, 0.29) is 16.9 Å². The third-order valence-corrected chi connectivity index (χ3v) is 4.13. The molecule has 0 N–H and O–H groups in total. The third-order valence-electron chi connectivity index (χ3n) is 4.13. The summed E-state index contributed by atoms with van der Waals surface area (Å²) < 4.78 is 1.32. The first-order valence-electron chi connectivity index (χ1n) is 7.98. The molecule has 26 heavy (non-hydrogen) atoms. The summed E-state index contributed by atoms with van der Waals surface area (Å²) in [5.41, 5.74) is 0.951. The predicted octanol–water partition coefficient (Wildman–Crippen LogP) is 3.96. The van der Waals surface area contributed by atoms with Crippen LogP contribution in [0.5, 0.6) is 0 Å². The van der Waals surface area contributed by atoms with Crippen LogP contribution in [0.3, 0.4) is 0 Å². The van der Waals surface area contributed by atoms with Crippen molar-refractivity contribution >= 4 is 16.6 Å². The summed E-state index contributed by atoms with van der Waals surface area (Å²) in [6.07, 6.45) is 0. The predicted molar refractivity (Wildman–Crippen MR) is 99.4 cm³/mol. The average molecular weight is 343 g/mol. The van der Waals surface area contributed by atoms with Crippen LogP contribution in [0, 0.1) is 10.1 Å². The monoisotopic (exact) mass is 343 g/mol. The third kappa shape index (κ3) is 2.53. The molecule has 3 aromatic carbocycles. The molecule has 1 aromatic heterocycles. The molecule has 0 spiro atoms. The molecule has 0 amide bonds. The van der Waals surface area contributed by atoms with Gasteiger partial charge in [-0.15, -0.1) is 0 Å². The maximum atomic E-state index is 13.2. The van der Waals surface area contributed by atoms with Gasteiger partial charge in [0, 0.05) is 11.6 Å². The van der Waals surface area contributed by atoms with E-state index in [1.165, 1.54) is 10.6 Å². The minimum Gasteiger partial charge on any atom is -0.268 e. The van der Waals surface area contributed by atoms with Crippen molar-refractivity contribution in [3.63, 3.8) is 0 Å². The van der Waals surface area contributed by atoms with Crippen LogP contribution in [0.1, 0.15) is 0 Å². The Morgan fingerprint density at radius 1 is 0.846 bits per heavy atom. The van der Waals surface area contributed by atoms with Crippen molar-refractivity contribution in [3.8, 4) is 17.1 Å². The lowest BCUT2D eigenvalue weighted by Crippen LogP contribution is -2.22. The van der Waals surface area contributed by atoms with Crippen molar-refractivity contribution in [2.24, 2.45) is 0 Å². The summed E-state index contributed by atoms with van der Waals surface area (Å²) in [5.74, 6) is 0.364. The van der Waals surface area contributed by atoms with Gasteiger partial charge in [-0.05, 0) is 18.2 Å². The van der Waals surface area contributed by atoms with Crippen LogP contribution in [0.15, 0.2) is 83.7 Å². The van der Waals surface area contributed by atoms with Crippen molar-refractivity contribution in [3.05, 3.63) is 99.3 Å². The molecule has 0 bridgehead atoms. The number of aromatic nitrogens is 2. The number of rotatable bonds is 3. The van der Waals surface area contributed by atoms with Crippen LogP contribution < -0.4 is 5.56 Å². The second kappa shape index (κ2) is 6.25. The molecule has 4 rings (SSSR count). The fourth-order valence-corrected chi connectivity index (χ4v) is 2.94. The first kappa shape index (κ1) is 15.7. The molecule has 6 nitrogen and oxygen atoms in total. The van der Waals surface area contributed by atoms with E-state index in [0.717, 1.165) is 0 Å². The summed E-state index contributed by atoms with van der Waals surface area (Å²) in [4.78, 5) is 28.8. The normalized spacial score (nSPS) is 10.8. The van der Waals surface area contributed by atoms with Gasteiger partial charge in [-0.3, -0.25) is 19.5 Å². The van der Waals surface area contributed by atoms with Crippen LogP contribution >= 0.6 is 0 Å². The zero-order chi connectivity index (χ0) is 18.1. The Labute approximate surface area is 148 Å². The first-order valence-corrected chi connectivity index (χ1v) is 7.98. The van der Waals surface area contributed by atoms with Gasteiger partial charge < -0.3 is 0 Å². The number of nitro benzene ring substituents is 1. The van der Waals surface area contributed by atoms with Crippen molar-refractivity contribution in [2.75, 3.05) is 0 Å². The van der Waals surface area contributed by atoms with Gasteiger partial charge >= 0.3 is 0 Å². The van der Waals surface area contributed by atoms with E-state index in [0.29, 0.717) is 22.3 Å². The van der Waals surface area contributed by atoms with Crippen LogP contribution in [-0.4, -0.2) is 14.5 Å². The molecule has 4 aromatic rings. The standard InChI is InChI=1S/C20H13N3O3/c24-20-15-10-4-5-11-16(15)21-19(14-8-2-1-3-9-14)22(20)17-12-6-7-13-18(17)23(25)26/h1-13H. The van der Waals surface area contributed by atoms with Crippen LogP contribution in [0.25, 0.3) is 28.0 Å². The molecule has 0 atom stereocenters. The Morgan fingerprint density at radius 3 is 2.27 bits per heavy atom. The smallest absolute Gasteiger partial charge is 0.268 e. The number of para-hydroxylation sites is 3. The molecule has 0 saturated heterocycles. The molecule has 0 aliphatic heterocycles. The first-order chi connectivity index (χ1) is 12.7. The van der Waals surface area contributed by atoms with Crippen molar-refractivity contribution in [1.82, 2.24) is 9.55 Å². The van der Waals surface area contributed by atoms with Crippen molar-refractivity contribution in [1.29, 1.82) is 0 Å². The molecule has 1 heterocycles. The molecule has 0 saturated carbocycles. The molecule has 126 valence electrons. The minimum absolute atomic E-state index is 0.149.